The van der Waals surface area contributed by atoms with Gasteiger partial charge in [0.15, 0.2) is 11.0 Å². The summed E-state index contributed by atoms with van der Waals surface area (Å²) in [5.74, 6) is 0.211. The first-order valence-corrected chi connectivity index (χ1v) is 5.38. The molecule has 74 valence electrons. The highest BCUT2D eigenvalue weighted by Gasteiger charge is 2.25. The van der Waals surface area contributed by atoms with Gasteiger partial charge in [-0.05, 0) is 19.1 Å². The van der Waals surface area contributed by atoms with Crippen LogP contribution in [0, 0.1) is 0 Å². The lowest BCUT2D eigenvalue weighted by Gasteiger charge is -2.26. The minimum atomic E-state index is -1.20. The van der Waals surface area contributed by atoms with E-state index in [0.29, 0.717) is 16.2 Å². The van der Waals surface area contributed by atoms with E-state index in [1.165, 1.54) is 0 Å². The fourth-order valence-corrected chi connectivity index (χ4v) is 2.61. The Morgan fingerprint density at radius 1 is 1.36 bits per heavy atom. The third-order valence-electron chi connectivity index (χ3n) is 2.39. The number of hydrogen-bond donors (Lipinski definition) is 1. The Morgan fingerprint density at radius 2 is 2.00 bits per heavy atom. The van der Waals surface area contributed by atoms with Crippen LogP contribution in [0.3, 0.4) is 0 Å². The van der Waals surface area contributed by atoms with Crippen molar-refractivity contribution >= 4 is 16.7 Å². The van der Waals surface area contributed by atoms with Crippen molar-refractivity contribution in [2.75, 3.05) is 7.05 Å². The first-order chi connectivity index (χ1) is 6.63. The summed E-state index contributed by atoms with van der Waals surface area (Å²) < 4.78 is 13.4. The summed E-state index contributed by atoms with van der Waals surface area (Å²) in [5.41, 5.74) is 1.31. The molecule has 0 saturated carbocycles. The zero-order valence-corrected chi connectivity index (χ0v) is 8.84. The van der Waals surface area contributed by atoms with Gasteiger partial charge in [0.05, 0.1) is 10.6 Å². The van der Waals surface area contributed by atoms with Gasteiger partial charge in [0.1, 0.15) is 5.76 Å². The van der Waals surface area contributed by atoms with Crippen molar-refractivity contribution < 1.29 is 9.32 Å². The summed E-state index contributed by atoms with van der Waals surface area (Å²) in [7, 11) is 0.511. The normalized spacial score (nSPS) is 21.0. The van der Waals surface area contributed by atoms with Crippen LogP contribution in [0.25, 0.3) is 5.76 Å². The Balaban J connectivity index is 2.71. The van der Waals surface area contributed by atoms with Crippen LogP contribution in [-0.2, 0) is 11.0 Å². The van der Waals surface area contributed by atoms with E-state index in [-0.39, 0.29) is 5.76 Å². The topological polar surface area (TPSA) is 40.5 Å². The molecule has 0 radical (unpaired) electrons. The second kappa shape index (κ2) is 3.13. The molecular weight excluding hydrogens is 198 g/mol. The Bertz CT molecular complexity index is 440. The van der Waals surface area contributed by atoms with E-state index in [4.69, 9.17) is 0 Å². The molecule has 4 heteroatoms. The molecular formula is C10H11NO2S. The van der Waals surface area contributed by atoms with E-state index in [2.05, 4.69) is 0 Å². The van der Waals surface area contributed by atoms with Crippen LogP contribution in [0.1, 0.15) is 12.5 Å². The molecule has 0 amide bonds. The monoisotopic (exact) mass is 209 g/mol. The first-order valence-electron chi connectivity index (χ1n) is 4.28. The minimum Gasteiger partial charge on any atom is -0.505 e. The lowest BCUT2D eigenvalue weighted by molar-refractivity contribution is 0.478. The Labute approximate surface area is 85.3 Å². The predicted molar refractivity (Wildman–Crippen MR) is 55.8 cm³/mol. The zero-order chi connectivity index (χ0) is 10.3. The third kappa shape index (κ3) is 1.14. The van der Waals surface area contributed by atoms with Crippen molar-refractivity contribution in [1.82, 2.24) is 4.31 Å². The number of fused-ring (bicyclic) bond motifs is 1. The van der Waals surface area contributed by atoms with Crippen LogP contribution in [0.15, 0.2) is 34.9 Å². The van der Waals surface area contributed by atoms with Crippen LogP contribution in [0.4, 0.5) is 0 Å². The maximum Gasteiger partial charge on any atom is 0.153 e. The highest BCUT2D eigenvalue weighted by molar-refractivity contribution is 7.83. The molecule has 0 saturated heterocycles. The van der Waals surface area contributed by atoms with Gasteiger partial charge in [-0.15, -0.1) is 0 Å². The molecule has 0 aliphatic carbocycles. The van der Waals surface area contributed by atoms with Gasteiger partial charge in [-0.2, -0.15) is 0 Å². The lowest BCUT2D eigenvalue weighted by Crippen LogP contribution is -2.25. The third-order valence-corrected chi connectivity index (χ3v) is 3.90. The molecule has 0 spiro atoms. The maximum absolute atomic E-state index is 11.9. The quantitative estimate of drug-likeness (QED) is 0.709. The minimum absolute atomic E-state index is 0.211. The van der Waals surface area contributed by atoms with Gasteiger partial charge < -0.3 is 5.11 Å². The summed E-state index contributed by atoms with van der Waals surface area (Å²) in [6.07, 6.45) is 0. The Hall–Kier alpha value is -1.29. The van der Waals surface area contributed by atoms with Gasteiger partial charge in [0, 0.05) is 12.6 Å². The second-order valence-corrected chi connectivity index (χ2v) is 4.66. The average Bonchev–Trinajstić information content (AvgIpc) is 2.23. The summed E-state index contributed by atoms with van der Waals surface area (Å²) in [6, 6.07) is 7.19. The van der Waals surface area contributed by atoms with Crippen molar-refractivity contribution in [3.63, 3.8) is 0 Å². The molecule has 1 atom stereocenters. The molecule has 1 aliphatic rings. The molecule has 1 aliphatic heterocycles. The number of allylic oxidation sites excluding steroid dienone is 1. The molecule has 1 aromatic carbocycles. The molecule has 14 heavy (non-hydrogen) atoms. The highest BCUT2D eigenvalue weighted by atomic mass is 32.2. The van der Waals surface area contributed by atoms with Crippen molar-refractivity contribution in [2.45, 2.75) is 11.8 Å². The van der Waals surface area contributed by atoms with Gasteiger partial charge in [0.2, 0.25) is 0 Å². The van der Waals surface area contributed by atoms with Crippen molar-refractivity contribution in [1.29, 1.82) is 0 Å². The van der Waals surface area contributed by atoms with Crippen LogP contribution < -0.4 is 0 Å². The van der Waals surface area contributed by atoms with E-state index >= 15 is 0 Å². The molecule has 1 unspecified atom stereocenters. The fourth-order valence-electron chi connectivity index (χ4n) is 1.43. The summed E-state index contributed by atoms with van der Waals surface area (Å²) in [4.78, 5) is 0.665. The van der Waals surface area contributed by atoms with E-state index in [1.54, 1.807) is 30.4 Å². The number of aliphatic hydroxyl groups excluding tert-OH is 1. The summed E-state index contributed by atoms with van der Waals surface area (Å²) in [5, 5.41) is 9.82. The highest BCUT2D eigenvalue weighted by Crippen LogP contribution is 2.31. The van der Waals surface area contributed by atoms with Gasteiger partial charge in [0.25, 0.3) is 0 Å². The van der Waals surface area contributed by atoms with E-state index in [1.807, 2.05) is 12.1 Å². The largest absolute Gasteiger partial charge is 0.505 e. The van der Waals surface area contributed by atoms with E-state index in [9.17, 15) is 9.32 Å². The molecule has 1 aromatic rings. The van der Waals surface area contributed by atoms with E-state index < -0.39 is 11.0 Å². The standard InChI is InChI=1S/C10H11NO2S/c1-7-10(12)8-5-3-4-6-9(8)14(13)11(7)2/h3-6,12H,1-2H3. The molecule has 2 rings (SSSR count). The SMILES string of the molecule is CC1=C(O)c2ccccc2S(=O)N1C. The predicted octanol–water partition coefficient (Wildman–Crippen LogP) is 1.90. The number of hydrogen-bond acceptors (Lipinski definition) is 2. The van der Waals surface area contributed by atoms with Gasteiger partial charge >= 0.3 is 0 Å². The number of nitrogens with zero attached hydrogens (tertiary/aromatic N) is 1. The molecule has 0 bridgehead atoms. The number of rotatable bonds is 0. The smallest absolute Gasteiger partial charge is 0.153 e. The van der Waals surface area contributed by atoms with Crippen LogP contribution in [-0.4, -0.2) is 20.7 Å². The summed E-state index contributed by atoms with van der Waals surface area (Å²) in [6.45, 7) is 1.75. The van der Waals surface area contributed by atoms with Crippen LogP contribution in [0.2, 0.25) is 0 Å². The van der Waals surface area contributed by atoms with E-state index in [0.717, 1.165) is 0 Å². The van der Waals surface area contributed by atoms with Crippen molar-refractivity contribution in [3.05, 3.63) is 35.5 Å². The molecule has 0 aromatic heterocycles. The van der Waals surface area contributed by atoms with Crippen molar-refractivity contribution in [2.24, 2.45) is 0 Å². The lowest BCUT2D eigenvalue weighted by atomic mass is 10.1. The summed E-state index contributed by atoms with van der Waals surface area (Å²) >= 11 is 0. The number of benzene rings is 1. The van der Waals surface area contributed by atoms with Gasteiger partial charge in [-0.25, -0.2) is 4.21 Å². The Morgan fingerprint density at radius 3 is 2.71 bits per heavy atom. The Kier molecular flexibility index (Phi) is 2.07. The molecule has 1 N–H and O–H groups in total. The first kappa shape index (κ1) is 9.27. The van der Waals surface area contributed by atoms with Crippen LogP contribution in [0.5, 0.6) is 0 Å². The van der Waals surface area contributed by atoms with Crippen LogP contribution >= 0.6 is 0 Å². The molecule has 1 heterocycles. The molecule has 0 fully saturated rings. The van der Waals surface area contributed by atoms with Gasteiger partial charge in [-0.3, -0.25) is 4.31 Å². The van der Waals surface area contributed by atoms with Gasteiger partial charge in [-0.1, -0.05) is 12.1 Å². The second-order valence-electron chi connectivity index (χ2n) is 3.18. The van der Waals surface area contributed by atoms with Crippen molar-refractivity contribution in [3.8, 4) is 0 Å². The molecule has 3 nitrogen and oxygen atoms in total. The average molecular weight is 209 g/mol. The fraction of sp³-hybridized carbons (Fsp3) is 0.200. The maximum atomic E-state index is 11.9. The zero-order valence-electron chi connectivity index (χ0n) is 8.02. The number of aliphatic hydroxyl groups is 1.